The zero-order valence-corrected chi connectivity index (χ0v) is 16.5. The summed E-state index contributed by atoms with van der Waals surface area (Å²) < 4.78 is 10.9. The van der Waals surface area contributed by atoms with Gasteiger partial charge in [-0.05, 0) is 45.0 Å². The number of hydrogen-bond donors (Lipinski definition) is 2. The standard InChI is InChI=1S/C21H27N3O4/c1-15(24-10-12-28-21(2,3)14-24)19(25)23-18-9-5-4-8-17(18)20(26)22-13-16-7-6-11-27-16/h4-9,11,15H,10,12-14H2,1-3H3,(H,22,26)(H,23,25). The Hall–Kier alpha value is -2.64. The molecule has 1 unspecified atom stereocenters. The molecular formula is C21H27N3O4. The number of carbonyl (C=O) groups excluding carboxylic acids is 2. The average molecular weight is 385 g/mol. The van der Waals surface area contributed by atoms with E-state index in [-0.39, 0.29) is 30.0 Å². The molecule has 7 nitrogen and oxygen atoms in total. The van der Waals surface area contributed by atoms with E-state index in [1.165, 1.54) is 0 Å². The molecule has 2 heterocycles. The summed E-state index contributed by atoms with van der Waals surface area (Å²) in [5.74, 6) is 0.245. The van der Waals surface area contributed by atoms with Crippen LogP contribution < -0.4 is 10.6 Å². The molecule has 1 saturated heterocycles. The van der Waals surface area contributed by atoms with Gasteiger partial charge < -0.3 is 19.8 Å². The third-order valence-electron chi connectivity index (χ3n) is 4.82. The monoisotopic (exact) mass is 385 g/mol. The predicted molar refractivity (Wildman–Crippen MR) is 106 cm³/mol. The number of morpholine rings is 1. The van der Waals surface area contributed by atoms with Crippen LogP contribution in [0, 0.1) is 0 Å². The van der Waals surface area contributed by atoms with Crippen LogP contribution in [-0.2, 0) is 16.1 Å². The van der Waals surface area contributed by atoms with Crippen LogP contribution in [0.15, 0.2) is 47.1 Å². The highest BCUT2D eigenvalue weighted by molar-refractivity contribution is 6.04. The molecule has 0 bridgehead atoms. The number of amides is 2. The predicted octanol–water partition coefficient (Wildman–Crippen LogP) is 2.65. The minimum atomic E-state index is -0.331. The molecule has 1 aliphatic heterocycles. The van der Waals surface area contributed by atoms with E-state index in [1.807, 2.05) is 20.8 Å². The summed E-state index contributed by atoms with van der Waals surface area (Å²) in [5.41, 5.74) is 0.622. The molecule has 2 amide bonds. The van der Waals surface area contributed by atoms with Crippen LogP contribution in [0.4, 0.5) is 5.69 Å². The van der Waals surface area contributed by atoms with E-state index in [0.717, 1.165) is 0 Å². The number of ether oxygens (including phenoxy) is 1. The summed E-state index contributed by atoms with van der Waals surface area (Å²) in [7, 11) is 0. The first-order chi connectivity index (χ1) is 13.4. The van der Waals surface area contributed by atoms with Crippen molar-refractivity contribution in [2.45, 2.75) is 39.0 Å². The van der Waals surface area contributed by atoms with Gasteiger partial charge in [0.25, 0.3) is 5.91 Å². The van der Waals surface area contributed by atoms with E-state index in [9.17, 15) is 9.59 Å². The van der Waals surface area contributed by atoms with E-state index >= 15 is 0 Å². The van der Waals surface area contributed by atoms with Crippen molar-refractivity contribution in [1.82, 2.24) is 10.2 Å². The van der Waals surface area contributed by atoms with Crippen molar-refractivity contribution in [1.29, 1.82) is 0 Å². The van der Waals surface area contributed by atoms with Gasteiger partial charge in [0.15, 0.2) is 0 Å². The molecule has 1 aromatic heterocycles. The molecule has 3 rings (SSSR count). The second-order valence-corrected chi connectivity index (χ2v) is 7.55. The minimum absolute atomic E-state index is 0.149. The Bertz CT molecular complexity index is 817. The van der Waals surface area contributed by atoms with Crippen molar-refractivity contribution in [2.24, 2.45) is 0 Å². The van der Waals surface area contributed by atoms with Gasteiger partial charge in [-0.1, -0.05) is 12.1 Å². The maximum absolute atomic E-state index is 12.8. The Morgan fingerprint density at radius 1 is 1.21 bits per heavy atom. The molecule has 0 radical (unpaired) electrons. The van der Waals surface area contributed by atoms with Gasteiger partial charge in [0.1, 0.15) is 5.76 Å². The van der Waals surface area contributed by atoms with Crippen LogP contribution in [0.3, 0.4) is 0 Å². The van der Waals surface area contributed by atoms with Gasteiger partial charge in [-0.3, -0.25) is 14.5 Å². The van der Waals surface area contributed by atoms with Gasteiger partial charge in [-0.15, -0.1) is 0 Å². The molecule has 0 spiro atoms. The lowest BCUT2D eigenvalue weighted by Crippen LogP contribution is -2.54. The molecule has 0 saturated carbocycles. The zero-order chi connectivity index (χ0) is 20.1. The van der Waals surface area contributed by atoms with Crippen LogP contribution in [-0.4, -0.2) is 48.1 Å². The Morgan fingerprint density at radius 2 is 2.00 bits per heavy atom. The molecule has 1 aromatic carbocycles. The molecule has 1 atom stereocenters. The highest BCUT2D eigenvalue weighted by Gasteiger charge is 2.32. The number of benzene rings is 1. The summed E-state index contributed by atoms with van der Waals surface area (Å²) >= 11 is 0. The van der Waals surface area contributed by atoms with Gasteiger partial charge in [0, 0.05) is 13.1 Å². The number of carbonyl (C=O) groups is 2. The smallest absolute Gasteiger partial charge is 0.253 e. The Morgan fingerprint density at radius 3 is 2.71 bits per heavy atom. The highest BCUT2D eigenvalue weighted by atomic mass is 16.5. The molecule has 2 aromatic rings. The molecule has 0 aliphatic carbocycles. The van der Waals surface area contributed by atoms with Crippen molar-refractivity contribution in [2.75, 3.05) is 25.0 Å². The van der Waals surface area contributed by atoms with Crippen molar-refractivity contribution < 1.29 is 18.7 Å². The molecule has 2 N–H and O–H groups in total. The molecule has 1 fully saturated rings. The van der Waals surface area contributed by atoms with Gasteiger partial charge >= 0.3 is 0 Å². The molecular weight excluding hydrogens is 358 g/mol. The minimum Gasteiger partial charge on any atom is -0.467 e. The molecule has 28 heavy (non-hydrogen) atoms. The summed E-state index contributed by atoms with van der Waals surface area (Å²) in [5, 5.41) is 5.71. The quantitative estimate of drug-likeness (QED) is 0.799. The molecule has 1 aliphatic rings. The average Bonchev–Trinajstić information content (AvgIpc) is 3.18. The maximum atomic E-state index is 12.8. The first-order valence-corrected chi connectivity index (χ1v) is 9.44. The van der Waals surface area contributed by atoms with E-state index in [0.29, 0.717) is 36.7 Å². The van der Waals surface area contributed by atoms with Crippen LogP contribution >= 0.6 is 0 Å². The fourth-order valence-electron chi connectivity index (χ4n) is 3.25. The number of nitrogens with zero attached hydrogens (tertiary/aromatic N) is 1. The summed E-state index contributed by atoms with van der Waals surface area (Å²) in [4.78, 5) is 27.5. The highest BCUT2D eigenvalue weighted by Crippen LogP contribution is 2.20. The van der Waals surface area contributed by atoms with Crippen molar-refractivity contribution in [3.05, 3.63) is 54.0 Å². The van der Waals surface area contributed by atoms with Crippen LogP contribution in [0.1, 0.15) is 36.9 Å². The van der Waals surface area contributed by atoms with Crippen LogP contribution in [0.5, 0.6) is 0 Å². The van der Waals surface area contributed by atoms with Gasteiger partial charge in [0.2, 0.25) is 5.91 Å². The number of furan rings is 1. The lowest BCUT2D eigenvalue weighted by Gasteiger charge is -2.40. The molecule has 150 valence electrons. The second kappa shape index (κ2) is 8.58. The van der Waals surface area contributed by atoms with E-state index in [1.54, 1.807) is 42.7 Å². The first kappa shape index (κ1) is 20.1. The van der Waals surface area contributed by atoms with Gasteiger partial charge in [-0.25, -0.2) is 0 Å². The summed E-state index contributed by atoms with van der Waals surface area (Å²) in [6, 6.07) is 10.2. The third-order valence-corrected chi connectivity index (χ3v) is 4.82. The number of nitrogens with one attached hydrogen (secondary N) is 2. The van der Waals surface area contributed by atoms with Gasteiger partial charge in [-0.2, -0.15) is 0 Å². The summed E-state index contributed by atoms with van der Waals surface area (Å²) in [6.07, 6.45) is 1.56. The van der Waals surface area contributed by atoms with E-state index < -0.39 is 0 Å². The maximum Gasteiger partial charge on any atom is 0.253 e. The third kappa shape index (κ3) is 4.99. The van der Waals surface area contributed by atoms with Crippen molar-refractivity contribution in [3.63, 3.8) is 0 Å². The van der Waals surface area contributed by atoms with Gasteiger partial charge in [0.05, 0.1) is 42.3 Å². The number of rotatable bonds is 6. The van der Waals surface area contributed by atoms with Crippen LogP contribution in [0.2, 0.25) is 0 Å². The van der Waals surface area contributed by atoms with E-state index in [4.69, 9.17) is 9.15 Å². The Balaban J connectivity index is 1.65. The summed E-state index contributed by atoms with van der Waals surface area (Å²) in [6.45, 7) is 8.15. The fraction of sp³-hybridized carbons (Fsp3) is 0.429. The largest absolute Gasteiger partial charge is 0.467 e. The van der Waals surface area contributed by atoms with E-state index in [2.05, 4.69) is 15.5 Å². The van der Waals surface area contributed by atoms with Crippen molar-refractivity contribution in [3.8, 4) is 0 Å². The zero-order valence-electron chi connectivity index (χ0n) is 16.5. The topological polar surface area (TPSA) is 83.8 Å². The van der Waals surface area contributed by atoms with Crippen LogP contribution in [0.25, 0.3) is 0 Å². The lowest BCUT2D eigenvalue weighted by molar-refractivity contribution is -0.129. The number of para-hydroxylation sites is 1. The van der Waals surface area contributed by atoms with Crippen molar-refractivity contribution >= 4 is 17.5 Å². The molecule has 7 heteroatoms. The Kier molecular flexibility index (Phi) is 6.16. The second-order valence-electron chi connectivity index (χ2n) is 7.55. The first-order valence-electron chi connectivity index (χ1n) is 9.44. The Labute approximate surface area is 165 Å². The fourth-order valence-corrected chi connectivity index (χ4v) is 3.25. The normalized spacial score (nSPS) is 17.7. The SMILES string of the molecule is CC(C(=O)Nc1ccccc1C(=O)NCc1ccco1)N1CCOC(C)(C)C1. The lowest BCUT2D eigenvalue weighted by atomic mass is 10.1. The number of anilines is 1. The number of hydrogen-bond acceptors (Lipinski definition) is 5.